The van der Waals surface area contributed by atoms with Crippen LogP contribution in [0.1, 0.15) is 25.6 Å². The smallest absolute Gasteiger partial charge is 0.200 e. The quantitative estimate of drug-likeness (QED) is 0.591. The van der Waals surface area contributed by atoms with Gasteiger partial charge in [-0.15, -0.1) is 0 Å². The molecular formula is C24H27F2N5O2. The Hall–Kier alpha value is -3.20. The summed E-state index contributed by atoms with van der Waals surface area (Å²) >= 11 is 0. The number of hydrogen-bond acceptors (Lipinski definition) is 7. The summed E-state index contributed by atoms with van der Waals surface area (Å²) < 4.78 is 39.9. The molecule has 0 bridgehead atoms. The van der Waals surface area contributed by atoms with Gasteiger partial charge in [-0.1, -0.05) is 0 Å². The van der Waals surface area contributed by atoms with Crippen molar-refractivity contribution in [1.82, 2.24) is 9.97 Å². The van der Waals surface area contributed by atoms with Crippen LogP contribution in [0, 0.1) is 17.6 Å². The van der Waals surface area contributed by atoms with E-state index < -0.39 is 11.6 Å². The summed E-state index contributed by atoms with van der Waals surface area (Å²) in [6.07, 6.45) is 6.48. The van der Waals surface area contributed by atoms with Crippen LogP contribution in [-0.4, -0.2) is 54.8 Å². The number of ether oxygens (including phenoxy) is 2. The molecule has 0 saturated carbocycles. The van der Waals surface area contributed by atoms with Gasteiger partial charge >= 0.3 is 0 Å². The number of hydrogen-bond donors (Lipinski definition) is 0. The number of rotatable bonds is 7. The van der Waals surface area contributed by atoms with E-state index in [9.17, 15) is 8.78 Å². The van der Waals surface area contributed by atoms with E-state index in [1.807, 2.05) is 11.8 Å². The van der Waals surface area contributed by atoms with Crippen molar-refractivity contribution in [1.29, 1.82) is 0 Å². The maximum absolute atomic E-state index is 14.5. The molecule has 2 atom stereocenters. The van der Waals surface area contributed by atoms with Crippen molar-refractivity contribution in [2.45, 2.75) is 32.4 Å². The van der Waals surface area contributed by atoms with E-state index in [2.05, 4.69) is 21.7 Å². The maximum atomic E-state index is 14.5. The van der Waals surface area contributed by atoms with Crippen molar-refractivity contribution in [3.05, 3.63) is 59.8 Å². The van der Waals surface area contributed by atoms with E-state index in [1.54, 1.807) is 30.7 Å². The summed E-state index contributed by atoms with van der Waals surface area (Å²) in [4.78, 5) is 19.0. The molecule has 2 aliphatic heterocycles. The minimum absolute atomic E-state index is 0.0860. The molecule has 174 valence electrons. The molecule has 1 aromatic heterocycles. The molecule has 0 radical (unpaired) electrons. The molecule has 2 aromatic rings. The third kappa shape index (κ3) is 5.42. The number of benzene rings is 1. The van der Waals surface area contributed by atoms with Crippen LogP contribution in [-0.2, 0) is 11.3 Å². The number of aromatic nitrogens is 2. The van der Waals surface area contributed by atoms with Crippen LogP contribution in [0.3, 0.4) is 0 Å². The van der Waals surface area contributed by atoms with Crippen LogP contribution in [0.15, 0.2) is 52.4 Å². The molecule has 0 spiro atoms. The summed E-state index contributed by atoms with van der Waals surface area (Å²) in [5, 5.41) is 0. The lowest BCUT2D eigenvalue weighted by Crippen LogP contribution is -2.43. The Bertz CT molecular complexity index is 1040. The second-order valence-corrected chi connectivity index (χ2v) is 8.09. The first-order chi connectivity index (χ1) is 16.1. The van der Waals surface area contributed by atoms with Crippen LogP contribution in [0.4, 0.5) is 14.5 Å². The normalized spacial score (nSPS) is 23.3. The van der Waals surface area contributed by atoms with E-state index >= 15 is 0 Å². The standard InChI is InChI=1S/C24H27F2N5O2/c1-16-19(12-27-2)21(30-13-23-28-6-3-7-29-23)4-8-31(16)18-10-20(25)24(26)22(11-18)33-15-17-5-9-32-14-17/h3,6-7,10-12,16-17H,2,4-5,8-9,13-15H2,1H3/b19-12-,30-21-. The lowest BCUT2D eigenvalue weighted by atomic mass is 9.94. The van der Waals surface area contributed by atoms with Crippen LogP contribution < -0.4 is 9.64 Å². The highest BCUT2D eigenvalue weighted by atomic mass is 19.2. The molecule has 9 heteroatoms. The van der Waals surface area contributed by atoms with E-state index in [4.69, 9.17) is 14.5 Å². The first kappa shape index (κ1) is 23.0. The van der Waals surface area contributed by atoms with Gasteiger partial charge in [0.2, 0.25) is 5.82 Å². The average molecular weight is 456 g/mol. The molecule has 4 rings (SSSR count). The van der Waals surface area contributed by atoms with Crippen molar-refractivity contribution in [2.24, 2.45) is 15.9 Å². The van der Waals surface area contributed by atoms with Gasteiger partial charge in [0, 0.05) is 73.2 Å². The van der Waals surface area contributed by atoms with Crippen molar-refractivity contribution in [3.8, 4) is 5.75 Å². The summed E-state index contributed by atoms with van der Waals surface area (Å²) in [5.74, 6) is -1.19. The third-order valence-electron chi connectivity index (χ3n) is 5.91. The second kappa shape index (κ2) is 10.6. The molecule has 7 nitrogen and oxygen atoms in total. The van der Waals surface area contributed by atoms with E-state index in [0.717, 1.165) is 17.7 Å². The van der Waals surface area contributed by atoms with Gasteiger partial charge in [0.1, 0.15) is 5.82 Å². The highest BCUT2D eigenvalue weighted by Crippen LogP contribution is 2.33. The number of nitrogens with zero attached hydrogens (tertiary/aromatic N) is 5. The molecule has 33 heavy (non-hydrogen) atoms. The van der Waals surface area contributed by atoms with Crippen LogP contribution >= 0.6 is 0 Å². The lowest BCUT2D eigenvalue weighted by molar-refractivity contribution is 0.165. The Morgan fingerprint density at radius 2 is 2.12 bits per heavy atom. The topological polar surface area (TPSA) is 72.2 Å². The van der Waals surface area contributed by atoms with Gasteiger partial charge in [-0.25, -0.2) is 14.4 Å². The first-order valence-electron chi connectivity index (χ1n) is 11.0. The maximum Gasteiger partial charge on any atom is 0.200 e. The van der Waals surface area contributed by atoms with E-state index in [0.29, 0.717) is 50.8 Å². The zero-order valence-corrected chi connectivity index (χ0v) is 18.6. The molecule has 0 aliphatic carbocycles. The summed E-state index contributed by atoms with van der Waals surface area (Å²) in [6.45, 7) is 8.01. The van der Waals surface area contributed by atoms with Crippen LogP contribution in [0.2, 0.25) is 0 Å². The number of anilines is 1. The summed E-state index contributed by atoms with van der Waals surface area (Å²) in [7, 11) is 0. The van der Waals surface area contributed by atoms with Crippen LogP contribution in [0.5, 0.6) is 5.75 Å². The van der Waals surface area contributed by atoms with Gasteiger partial charge in [-0.2, -0.15) is 4.39 Å². The molecule has 2 saturated heterocycles. The SMILES string of the molecule is C=N/C=C1\C(=N/Cc2ncccn2)CCN(c2cc(F)c(F)c(OCC3CCOC3)c2)C1C. The summed E-state index contributed by atoms with van der Waals surface area (Å²) in [5.41, 5.74) is 2.28. The average Bonchev–Trinajstić information content (AvgIpc) is 3.35. The van der Waals surface area contributed by atoms with Gasteiger partial charge in [-0.3, -0.25) is 9.98 Å². The molecule has 2 aliphatic rings. The fourth-order valence-electron chi connectivity index (χ4n) is 4.10. The summed E-state index contributed by atoms with van der Waals surface area (Å²) in [6, 6.07) is 4.34. The molecule has 2 fully saturated rings. The number of piperidine rings is 1. The zero-order chi connectivity index (χ0) is 23.2. The number of halogens is 2. The molecule has 0 N–H and O–H groups in total. The Kier molecular flexibility index (Phi) is 7.39. The highest BCUT2D eigenvalue weighted by molar-refractivity contribution is 6.03. The van der Waals surface area contributed by atoms with Gasteiger partial charge in [0.15, 0.2) is 11.6 Å². The largest absolute Gasteiger partial charge is 0.490 e. The Labute approximate surface area is 191 Å². The lowest BCUT2D eigenvalue weighted by Gasteiger charge is -2.38. The molecule has 3 heterocycles. The van der Waals surface area contributed by atoms with E-state index in [-0.39, 0.29) is 17.7 Å². The molecule has 1 aromatic carbocycles. The van der Waals surface area contributed by atoms with Gasteiger partial charge in [-0.05, 0) is 26.1 Å². The fourth-order valence-corrected chi connectivity index (χ4v) is 4.10. The third-order valence-corrected chi connectivity index (χ3v) is 5.91. The Morgan fingerprint density at radius 3 is 2.85 bits per heavy atom. The second-order valence-electron chi connectivity index (χ2n) is 8.09. The number of aliphatic imine (C=N–C) groups is 2. The predicted octanol–water partition coefficient (Wildman–Crippen LogP) is 3.99. The van der Waals surface area contributed by atoms with E-state index in [1.165, 1.54) is 6.07 Å². The highest BCUT2D eigenvalue weighted by Gasteiger charge is 2.29. The van der Waals surface area contributed by atoms with Crippen LogP contribution in [0.25, 0.3) is 0 Å². The van der Waals surface area contributed by atoms with Gasteiger partial charge in [0.25, 0.3) is 0 Å². The van der Waals surface area contributed by atoms with Crippen molar-refractivity contribution in [2.75, 3.05) is 31.3 Å². The fraction of sp³-hybridized carbons (Fsp3) is 0.417. The molecular weight excluding hydrogens is 428 g/mol. The Morgan fingerprint density at radius 1 is 1.30 bits per heavy atom. The minimum Gasteiger partial charge on any atom is -0.490 e. The van der Waals surface area contributed by atoms with Crippen molar-refractivity contribution < 1.29 is 18.3 Å². The van der Waals surface area contributed by atoms with Gasteiger partial charge < -0.3 is 14.4 Å². The van der Waals surface area contributed by atoms with Crippen molar-refractivity contribution in [3.63, 3.8) is 0 Å². The van der Waals surface area contributed by atoms with Gasteiger partial charge in [0.05, 0.1) is 25.8 Å². The monoisotopic (exact) mass is 455 g/mol. The first-order valence-corrected chi connectivity index (χ1v) is 11.0. The molecule has 2 unspecified atom stereocenters. The minimum atomic E-state index is -0.976. The zero-order valence-electron chi connectivity index (χ0n) is 18.6. The Balaban J connectivity index is 1.54. The van der Waals surface area contributed by atoms with Crippen molar-refractivity contribution >= 4 is 18.1 Å². The molecule has 0 amide bonds. The predicted molar refractivity (Wildman–Crippen MR) is 123 cm³/mol.